The second kappa shape index (κ2) is 16.4. The summed E-state index contributed by atoms with van der Waals surface area (Å²) in [4.78, 5) is 12.2. The maximum atomic E-state index is 5.91. The molecule has 5 rings (SSSR count). The van der Waals surface area contributed by atoms with Gasteiger partial charge in [0.15, 0.2) is 5.13 Å². The summed E-state index contributed by atoms with van der Waals surface area (Å²) in [5.74, 6) is 1.73. The average Bonchev–Trinajstić information content (AvgIpc) is 3.54. The van der Waals surface area contributed by atoms with E-state index >= 15 is 0 Å². The average molecular weight is 617 g/mol. The van der Waals surface area contributed by atoms with E-state index in [9.17, 15) is 0 Å². The van der Waals surface area contributed by atoms with Crippen LogP contribution < -0.4 is 19.3 Å². The van der Waals surface area contributed by atoms with Crippen LogP contribution in [0.3, 0.4) is 0 Å². The zero-order valence-corrected chi connectivity index (χ0v) is 26.9. The Kier molecular flexibility index (Phi) is 11.9. The summed E-state index contributed by atoms with van der Waals surface area (Å²) >= 11 is 1.66. The highest BCUT2D eigenvalue weighted by Crippen LogP contribution is 2.27. The standard InChI is InChI=1S/C35H44N4O4S/c1-37-14-16-38(17-15-37)32-10-4-8-29(21-32)24-39(25-30-9-6-12-34(23-30)41-3)35-36-31(27-44-35)26-43-20-19-42-18-13-28-7-5-11-33(22-28)40-2/h4-12,21-23,27H,13-20,24-26H2,1-3H3. The Hall–Kier alpha value is -3.63. The summed E-state index contributed by atoms with van der Waals surface area (Å²) in [5, 5.41) is 3.07. The van der Waals surface area contributed by atoms with Gasteiger partial charge in [0.1, 0.15) is 11.5 Å². The fraction of sp³-hybridized carbons (Fsp3) is 0.400. The van der Waals surface area contributed by atoms with Gasteiger partial charge in [-0.15, -0.1) is 11.3 Å². The number of ether oxygens (including phenoxy) is 4. The second-order valence-electron chi connectivity index (χ2n) is 11.1. The Labute approximate surface area is 265 Å². The lowest BCUT2D eigenvalue weighted by Gasteiger charge is -2.34. The maximum absolute atomic E-state index is 5.91. The van der Waals surface area contributed by atoms with Crippen LogP contribution >= 0.6 is 11.3 Å². The minimum Gasteiger partial charge on any atom is -0.497 e. The van der Waals surface area contributed by atoms with Crippen LogP contribution in [0, 0.1) is 0 Å². The summed E-state index contributed by atoms with van der Waals surface area (Å²) in [7, 11) is 5.58. The second-order valence-corrected chi connectivity index (χ2v) is 11.9. The van der Waals surface area contributed by atoms with Crippen LogP contribution in [-0.2, 0) is 35.6 Å². The van der Waals surface area contributed by atoms with Gasteiger partial charge in [0.05, 0.1) is 46.3 Å². The largest absolute Gasteiger partial charge is 0.497 e. The number of likely N-dealkylation sites (N-methyl/N-ethyl adjacent to an activating group) is 1. The minimum absolute atomic E-state index is 0.460. The van der Waals surface area contributed by atoms with Gasteiger partial charge in [0, 0.05) is 50.3 Å². The quantitative estimate of drug-likeness (QED) is 0.144. The zero-order chi connectivity index (χ0) is 30.6. The summed E-state index contributed by atoms with van der Waals surface area (Å²) in [5.41, 5.74) is 5.87. The molecular weight excluding hydrogens is 572 g/mol. The minimum atomic E-state index is 0.460. The van der Waals surface area contributed by atoms with Gasteiger partial charge >= 0.3 is 0 Å². The molecule has 0 saturated carbocycles. The van der Waals surface area contributed by atoms with Gasteiger partial charge in [-0.25, -0.2) is 4.98 Å². The lowest BCUT2D eigenvalue weighted by molar-refractivity contribution is 0.0407. The third-order valence-corrected chi connectivity index (χ3v) is 8.71. The Morgan fingerprint density at radius 2 is 1.39 bits per heavy atom. The molecule has 1 aliphatic rings. The molecule has 0 spiro atoms. The predicted octanol–water partition coefficient (Wildman–Crippen LogP) is 5.89. The molecule has 4 aromatic rings. The van der Waals surface area contributed by atoms with E-state index in [4.69, 9.17) is 23.9 Å². The van der Waals surface area contributed by atoms with Crippen molar-refractivity contribution in [3.63, 3.8) is 0 Å². The van der Waals surface area contributed by atoms with Crippen molar-refractivity contribution < 1.29 is 18.9 Å². The highest BCUT2D eigenvalue weighted by atomic mass is 32.1. The van der Waals surface area contributed by atoms with Crippen LogP contribution in [0.15, 0.2) is 78.2 Å². The normalized spacial score (nSPS) is 13.7. The Bertz CT molecular complexity index is 1440. The van der Waals surface area contributed by atoms with E-state index in [1.807, 2.05) is 30.3 Å². The van der Waals surface area contributed by atoms with E-state index in [1.54, 1.807) is 25.6 Å². The number of anilines is 2. The van der Waals surface area contributed by atoms with Crippen molar-refractivity contribution >= 4 is 22.2 Å². The van der Waals surface area contributed by atoms with Crippen LogP contribution in [0.4, 0.5) is 10.8 Å². The lowest BCUT2D eigenvalue weighted by Crippen LogP contribution is -2.44. The van der Waals surface area contributed by atoms with E-state index in [2.05, 4.69) is 69.6 Å². The highest BCUT2D eigenvalue weighted by Gasteiger charge is 2.17. The van der Waals surface area contributed by atoms with Crippen molar-refractivity contribution in [2.45, 2.75) is 26.1 Å². The van der Waals surface area contributed by atoms with Crippen LogP contribution in [0.25, 0.3) is 0 Å². The van der Waals surface area contributed by atoms with Gasteiger partial charge < -0.3 is 33.6 Å². The molecule has 0 radical (unpaired) electrons. The van der Waals surface area contributed by atoms with Crippen molar-refractivity contribution in [2.75, 3.05) is 77.1 Å². The number of hydrogen-bond donors (Lipinski definition) is 0. The summed E-state index contributed by atoms with van der Waals surface area (Å²) in [6.45, 7) is 7.95. The zero-order valence-electron chi connectivity index (χ0n) is 26.1. The smallest absolute Gasteiger partial charge is 0.186 e. The number of rotatable bonds is 16. The van der Waals surface area contributed by atoms with Crippen molar-refractivity contribution in [1.29, 1.82) is 0 Å². The molecule has 8 nitrogen and oxygen atoms in total. The van der Waals surface area contributed by atoms with Gasteiger partial charge in [-0.3, -0.25) is 0 Å². The Balaban J connectivity index is 1.17. The molecule has 1 aliphatic heterocycles. The maximum Gasteiger partial charge on any atom is 0.186 e. The van der Waals surface area contributed by atoms with E-state index in [0.29, 0.717) is 26.4 Å². The molecule has 0 atom stereocenters. The van der Waals surface area contributed by atoms with Crippen molar-refractivity contribution in [3.05, 3.63) is 101 Å². The number of piperazine rings is 1. The van der Waals surface area contributed by atoms with Crippen LogP contribution in [0.1, 0.15) is 22.4 Å². The Morgan fingerprint density at radius 1 is 0.750 bits per heavy atom. The fourth-order valence-corrected chi connectivity index (χ4v) is 6.05. The predicted molar refractivity (Wildman–Crippen MR) is 178 cm³/mol. The fourth-order valence-electron chi connectivity index (χ4n) is 5.24. The summed E-state index contributed by atoms with van der Waals surface area (Å²) in [6.07, 6.45) is 0.841. The van der Waals surface area contributed by atoms with Crippen molar-refractivity contribution in [3.8, 4) is 11.5 Å². The molecule has 2 heterocycles. The molecule has 1 aromatic heterocycles. The first-order valence-corrected chi connectivity index (χ1v) is 16.1. The molecule has 44 heavy (non-hydrogen) atoms. The monoisotopic (exact) mass is 616 g/mol. The number of methoxy groups -OCH3 is 2. The van der Waals surface area contributed by atoms with Crippen molar-refractivity contribution in [2.24, 2.45) is 0 Å². The van der Waals surface area contributed by atoms with Gasteiger partial charge in [0.25, 0.3) is 0 Å². The lowest BCUT2D eigenvalue weighted by atomic mass is 10.1. The van der Waals surface area contributed by atoms with Gasteiger partial charge in [-0.05, 0) is 66.6 Å². The molecular formula is C35H44N4O4S. The van der Waals surface area contributed by atoms with Crippen molar-refractivity contribution in [1.82, 2.24) is 9.88 Å². The number of thiazole rings is 1. The molecule has 0 aliphatic carbocycles. The van der Waals surface area contributed by atoms with Crippen LogP contribution in [0.2, 0.25) is 0 Å². The number of aromatic nitrogens is 1. The third-order valence-electron chi connectivity index (χ3n) is 7.76. The molecule has 0 amide bonds. The SMILES string of the molecule is COc1cccc(CCOCCOCc2csc(N(Cc3cccc(OC)c3)Cc3cccc(N4CCN(C)CC4)c3)n2)c1. The number of nitrogens with zero attached hydrogens (tertiary/aromatic N) is 4. The first kappa shape index (κ1) is 31.8. The van der Waals surface area contributed by atoms with Crippen LogP contribution in [-0.4, -0.2) is 77.2 Å². The van der Waals surface area contributed by atoms with E-state index < -0.39 is 0 Å². The highest BCUT2D eigenvalue weighted by molar-refractivity contribution is 7.13. The molecule has 1 fully saturated rings. The van der Waals surface area contributed by atoms with Crippen LogP contribution in [0.5, 0.6) is 11.5 Å². The molecule has 0 N–H and O–H groups in total. The van der Waals surface area contributed by atoms with E-state index in [-0.39, 0.29) is 0 Å². The van der Waals surface area contributed by atoms with Gasteiger partial charge in [-0.1, -0.05) is 36.4 Å². The molecule has 0 unspecified atom stereocenters. The third kappa shape index (κ3) is 9.43. The first-order valence-electron chi connectivity index (χ1n) is 15.2. The first-order chi connectivity index (χ1) is 21.6. The molecule has 9 heteroatoms. The van der Waals surface area contributed by atoms with Gasteiger partial charge in [0.2, 0.25) is 0 Å². The van der Waals surface area contributed by atoms with E-state index in [1.165, 1.54) is 22.4 Å². The Morgan fingerprint density at radius 3 is 2.11 bits per heavy atom. The molecule has 3 aromatic carbocycles. The topological polar surface area (TPSA) is 59.5 Å². The summed E-state index contributed by atoms with van der Waals surface area (Å²) < 4.78 is 22.5. The molecule has 1 saturated heterocycles. The summed E-state index contributed by atoms with van der Waals surface area (Å²) in [6, 6.07) is 25.3. The molecule has 234 valence electrons. The number of hydrogen-bond acceptors (Lipinski definition) is 9. The molecule has 0 bridgehead atoms. The van der Waals surface area contributed by atoms with E-state index in [0.717, 1.165) is 68.0 Å². The number of benzene rings is 3. The van der Waals surface area contributed by atoms with Gasteiger partial charge in [-0.2, -0.15) is 0 Å².